The molecule has 314 valence electrons. The maximum absolute atomic E-state index is 15.1. The molecule has 7 rings (SSSR count). The Morgan fingerprint density at radius 3 is 2.02 bits per heavy atom. The Morgan fingerprint density at radius 1 is 0.821 bits per heavy atom. The molecule has 13 nitrogen and oxygen atoms in total. The third-order valence-electron chi connectivity index (χ3n) is 14.7. The van der Waals surface area contributed by atoms with Gasteiger partial charge in [0.2, 0.25) is 27.6 Å². The molecule has 14 heteroatoms. The number of hydrogen-bond donors (Lipinski definition) is 4. The topological polar surface area (TPSA) is 174 Å². The normalized spacial score (nSPS) is 28.8. The van der Waals surface area contributed by atoms with E-state index in [0.29, 0.717) is 31.7 Å². The van der Waals surface area contributed by atoms with Gasteiger partial charge in [-0.05, 0) is 107 Å². The molecule has 0 aromatic carbocycles. The molecule has 7 aliphatic rings. The number of carbonyl (C=O) groups is 5. The number of carbonyl (C=O) groups excluding carboxylic acids is 5. The van der Waals surface area contributed by atoms with Gasteiger partial charge in [0.05, 0.1) is 17.3 Å². The Labute approximate surface area is 334 Å². The minimum Gasteiger partial charge on any atom is -0.347 e. The predicted molar refractivity (Wildman–Crippen MR) is 213 cm³/mol. The molecule has 5 atom stereocenters. The van der Waals surface area contributed by atoms with Crippen molar-refractivity contribution in [3.63, 3.8) is 0 Å². The van der Waals surface area contributed by atoms with Crippen molar-refractivity contribution in [1.29, 1.82) is 0 Å². The average Bonchev–Trinajstić information content (AvgIpc) is 3.94. The van der Waals surface area contributed by atoms with Crippen LogP contribution in [0.3, 0.4) is 0 Å². The highest BCUT2D eigenvalue weighted by atomic mass is 32.2. The van der Waals surface area contributed by atoms with Crippen LogP contribution in [0.4, 0.5) is 4.79 Å². The highest BCUT2D eigenvalue weighted by Crippen LogP contribution is 2.65. The molecule has 56 heavy (non-hydrogen) atoms. The van der Waals surface area contributed by atoms with Gasteiger partial charge in [-0.2, -0.15) is 4.31 Å². The van der Waals surface area contributed by atoms with Crippen molar-refractivity contribution in [2.24, 2.45) is 28.6 Å². The van der Waals surface area contributed by atoms with Crippen molar-refractivity contribution in [3.8, 4) is 0 Å². The van der Waals surface area contributed by atoms with E-state index in [1.54, 1.807) is 9.21 Å². The maximum atomic E-state index is 15.1. The first-order chi connectivity index (χ1) is 26.4. The number of fused-ring (bicyclic) bond motifs is 1. The van der Waals surface area contributed by atoms with Crippen LogP contribution in [0.15, 0.2) is 0 Å². The lowest BCUT2D eigenvalue weighted by molar-refractivity contribution is -0.146. The number of amides is 5. The molecule has 0 unspecified atom stereocenters. The lowest BCUT2D eigenvalue weighted by Crippen LogP contribution is -2.65. The highest BCUT2D eigenvalue weighted by molar-refractivity contribution is 7.89. The van der Waals surface area contributed by atoms with E-state index in [9.17, 15) is 27.6 Å². The van der Waals surface area contributed by atoms with Crippen LogP contribution in [-0.4, -0.2) is 101 Å². The van der Waals surface area contributed by atoms with Gasteiger partial charge in [-0.1, -0.05) is 72.1 Å². The summed E-state index contributed by atoms with van der Waals surface area (Å²) in [6, 6.07) is -3.45. The number of urea groups is 1. The smallest absolute Gasteiger partial charge is 0.315 e. The summed E-state index contributed by atoms with van der Waals surface area (Å²) in [7, 11) is -3.69. The van der Waals surface area contributed by atoms with Crippen LogP contribution in [0.1, 0.15) is 150 Å². The van der Waals surface area contributed by atoms with Gasteiger partial charge < -0.3 is 26.2 Å². The number of rotatable bonds is 17. The molecule has 4 N–H and O–H groups in total. The van der Waals surface area contributed by atoms with Crippen LogP contribution < -0.4 is 21.3 Å². The lowest BCUT2D eigenvalue weighted by atomic mass is 9.70. The van der Waals surface area contributed by atoms with Gasteiger partial charge in [0, 0.05) is 24.7 Å². The molecule has 6 aliphatic carbocycles. The highest BCUT2D eigenvalue weighted by Gasteiger charge is 2.70. The van der Waals surface area contributed by atoms with E-state index in [1.165, 1.54) is 0 Å². The van der Waals surface area contributed by atoms with Crippen LogP contribution in [0.2, 0.25) is 0 Å². The minimum atomic E-state index is -3.69. The first kappa shape index (κ1) is 41.4. The summed E-state index contributed by atoms with van der Waals surface area (Å²) in [6.45, 7) is 10.4. The molecule has 5 amide bonds. The Bertz CT molecular complexity index is 1640. The van der Waals surface area contributed by atoms with Gasteiger partial charge in [-0.3, -0.25) is 19.2 Å². The van der Waals surface area contributed by atoms with Gasteiger partial charge in [0.1, 0.15) is 12.1 Å². The van der Waals surface area contributed by atoms with Crippen LogP contribution in [0.25, 0.3) is 0 Å². The standard InChI is InChI=1S/C42H68N6O7S/c1-26(2)48(29-17-18-29)56(54,55)25-42(22-10-7-11-23-42)46-39(53)45-35(41(5)20-8-6-9-21-41)38(52)47-24-30-32(40(30,3)4)33(47)36(50)44-31(19-14-27-12-13-27)34(49)37(51)43-28-15-16-28/h26-33,35H,6-25H2,1-5H3,(H,43,51)(H,44,50)(H2,45,46,53)/t30-,31-,32-,33-,35+/m0/s1. The summed E-state index contributed by atoms with van der Waals surface area (Å²) in [6.07, 6.45) is 14.6. The van der Waals surface area contributed by atoms with Gasteiger partial charge >= 0.3 is 6.03 Å². The molecular formula is C42H68N6O7S. The lowest BCUT2D eigenvalue weighted by Gasteiger charge is -2.44. The molecule has 0 radical (unpaired) electrons. The second kappa shape index (κ2) is 15.8. The number of nitrogens with one attached hydrogen (secondary N) is 4. The van der Waals surface area contributed by atoms with Crippen LogP contribution >= 0.6 is 0 Å². The fourth-order valence-electron chi connectivity index (χ4n) is 10.8. The largest absolute Gasteiger partial charge is 0.347 e. The van der Waals surface area contributed by atoms with Gasteiger partial charge in [-0.15, -0.1) is 0 Å². The zero-order chi connectivity index (χ0) is 40.2. The van der Waals surface area contributed by atoms with Crippen molar-refractivity contribution in [2.75, 3.05) is 12.3 Å². The summed E-state index contributed by atoms with van der Waals surface area (Å²) >= 11 is 0. The number of ketones is 1. The third-order valence-corrected chi connectivity index (χ3v) is 17.0. The zero-order valence-electron chi connectivity index (χ0n) is 34.5. The van der Waals surface area contributed by atoms with Gasteiger partial charge in [-0.25, -0.2) is 13.2 Å². The van der Waals surface area contributed by atoms with E-state index >= 15 is 4.79 Å². The molecule has 7 fully saturated rings. The monoisotopic (exact) mass is 800 g/mol. The number of Topliss-reactive ketones (excluding diaryl/α,β-unsaturated/α-hetero) is 1. The Hall–Kier alpha value is -2.74. The summed E-state index contributed by atoms with van der Waals surface area (Å²) in [4.78, 5) is 71.9. The van der Waals surface area contributed by atoms with E-state index < -0.39 is 62.7 Å². The summed E-state index contributed by atoms with van der Waals surface area (Å²) in [5, 5.41) is 12.0. The Kier molecular flexibility index (Phi) is 11.7. The number of piperidine rings is 1. The molecule has 1 saturated heterocycles. The quantitative estimate of drug-likeness (QED) is 0.156. The Balaban J connectivity index is 1.11. The van der Waals surface area contributed by atoms with Crippen molar-refractivity contribution in [3.05, 3.63) is 0 Å². The first-order valence-corrected chi connectivity index (χ1v) is 23.6. The van der Waals surface area contributed by atoms with Crippen molar-refractivity contribution < 1.29 is 32.4 Å². The Morgan fingerprint density at radius 2 is 1.45 bits per heavy atom. The summed E-state index contributed by atoms with van der Waals surface area (Å²) in [5.41, 5.74) is -1.72. The minimum absolute atomic E-state index is 0.0102. The number of likely N-dealkylation sites (tertiary alicyclic amines) is 1. The van der Waals surface area contributed by atoms with E-state index in [1.807, 2.05) is 20.8 Å². The molecule has 1 aliphatic heterocycles. The summed E-state index contributed by atoms with van der Waals surface area (Å²) < 4.78 is 29.6. The van der Waals surface area contributed by atoms with Gasteiger partial charge in [0.15, 0.2) is 0 Å². The van der Waals surface area contributed by atoms with Crippen LogP contribution in [-0.2, 0) is 29.2 Å². The van der Waals surface area contributed by atoms with Crippen molar-refractivity contribution >= 4 is 39.6 Å². The van der Waals surface area contributed by atoms with Crippen LogP contribution in [0.5, 0.6) is 0 Å². The molecule has 0 aromatic rings. The maximum Gasteiger partial charge on any atom is 0.315 e. The SMILES string of the molecule is CC(C)N(C1CC1)S(=O)(=O)CC1(NC(=O)N[C@H](C(=O)N2C[C@H]3[C@@H]([C@H]2C(=O)N[C@@H](CCC2CC2)C(=O)C(=O)NC2CC2)C3(C)C)C2(C)CCCCC2)CCCCC1. The molecular weight excluding hydrogens is 733 g/mol. The van der Waals surface area contributed by atoms with E-state index in [-0.39, 0.29) is 47.0 Å². The fourth-order valence-corrected chi connectivity index (χ4v) is 13.3. The number of hydrogen-bond acceptors (Lipinski definition) is 7. The van der Waals surface area contributed by atoms with E-state index in [2.05, 4.69) is 35.1 Å². The second-order valence-corrected chi connectivity index (χ2v) is 22.0. The van der Waals surface area contributed by atoms with E-state index in [0.717, 1.165) is 96.3 Å². The molecule has 6 saturated carbocycles. The first-order valence-electron chi connectivity index (χ1n) is 22.0. The fraction of sp³-hybridized carbons (Fsp3) is 0.881. The average molecular weight is 801 g/mol. The predicted octanol–water partition coefficient (Wildman–Crippen LogP) is 4.54. The van der Waals surface area contributed by atoms with Crippen LogP contribution in [0, 0.1) is 28.6 Å². The zero-order valence-corrected chi connectivity index (χ0v) is 35.3. The van der Waals surface area contributed by atoms with Gasteiger partial charge in [0.25, 0.3) is 5.91 Å². The number of nitrogens with zero attached hydrogens (tertiary/aromatic N) is 2. The molecule has 1 heterocycles. The second-order valence-electron chi connectivity index (χ2n) is 20.1. The third kappa shape index (κ3) is 8.95. The molecule has 0 aromatic heterocycles. The molecule has 0 spiro atoms. The number of sulfonamides is 1. The van der Waals surface area contributed by atoms with Crippen molar-refractivity contribution in [1.82, 2.24) is 30.5 Å². The van der Waals surface area contributed by atoms with E-state index in [4.69, 9.17) is 0 Å². The molecule has 0 bridgehead atoms. The van der Waals surface area contributed by atoms with Crippen molar-refractivity contribution in [2.45, 2.75) is 192 Å². The summed E-state index contributed by atoms with van der Waals surface area (Å²) in [5.74, 6) is -1.74.